The third-order valence-electron chi connectivity index (χ3n) is 3.78. The quantitative estimate of drug-likeness (QED) is 0.818. The number of aryl methyl sites for hydroxylation is 1. The second kappa shape index (κ2) is 3.68. The van der Waals surface area contributed by atoms with Crippen molar-refractivity contribution in [1.82, 2.24) is 9.97 Å². The minimum absolute atomic E-state index is 0.478. The van der Waals surface area contributed by atoms with Crippen LogP contribution < -0.4 is 5.32 Å². The lowest BCUT2D eigenvalue weighted by molar-refractivity contribution is -0.142. The lowest BCUT2D eigenvalue weighted by Gasteiger charge is -2.13. The molecule has 0 unspecified atom stereocenters. The summed E-state index contributed by atoms with van der Waals surface area (Å²) < 4.78 is 0. The fourth-order valence-electron chi connectivity index (χ4n) is 2.38. The Labute approximate surface area is 99.3 Å². The predicted molar refractivity (Wildman–Crippen MR) is 61.8 cm³/mol. The van der Waals surface area contributed by atoms with Crippen LogP contribution in [0.4, 0.5) is 5.82 Å². The van der Waals surface area contributed by atoms with Crippen molar-refractivity contribution in [2.45, 2.75) is 32.1 Å². The molecule has 1 aromatic heterocycles. The van der Waals surface area contributed by atoms with Crippen LogP contribution in [0.2, 0.25) is 0 Å². The van der Waals surface area contributed by atoms with E-state index in [1.54, 1.807) is 6.33 Å². The molecule has 90 valence electrons. The predicted octanol–water partition coefficient (Wildman–Crippen LogP) is 1.24. The molecule has 5 heteroatoms. The van der Waals surface area contributed by atoms with E-state index in [2.05, 4.69) is 15.3 Å². The Morgan fingerprint density at radius 2 is 2.24 bits per heavy atom. The van der Waals surface area contributed by atoms with Gasteiger partial charge in [-0.25, -0.2) is 9.97 Å². The standard InChI is InChI=1S/C12H15N3O2/c16-11(17)12(4-5-12)6-13-10-8-2-1-3-9(8)14-7-15-10/h7H,1-6H2,(H,16,17)(H,13,14,15). The number of carboxylic acids is 1. The van der Waals surface area contributed by atoms with Crippen LogP contribution in [0.25, 0.3) is 0 Å². The molecule has 0 aliphatic heterocycles. The highest BCUT2D eigenvalue weighted by Crippen LogP contribution is 2.46. The number of aliphatic carboxylic acids is 1. The van der Waals surface area contributed by atoms with Crippen LogP contribution in [0.1, 0.15) is 30.5 Å². The van der Waals surface area contributed by atoms with Crippen LogP contribution in [0.15, 0.2) is 6.33 Å². The summed E-state index contributed by atoms with van der Waals surface area (Å²) in [5, 5.41) is 12.3. The number of nitrogens with one attached hydrogen (secondary N) is 1. The molecule has 2 N–H and O–H groups in total. The minimum atomic E-state index is -0.698. The average molecular weight is 233 g/mol. The Kier molecular flexibility index (Phi) is 2.28. The van der Waals surface area contributed by atoms with E-state index in [1.807, 2.05) is 0 Å². The number of aromatic nitrogens is 2. The fourth-order valence-corrected chi connectivity index (χ4v) is 2.38. The number of carboxylic acid groups (broad SMARTS) is 1. The van der Waals surface area contributed by atoms with Gasteiger partial charge in [-0.3, -0.25) is 4.79 Å². The summed E-state index contributed by atoms with van der Waals surface area (Å²) in [6.07, 6.45) is 6.22. The van der Waals surface area contributed by atoms with E-state index in [0.717, 1.165) is 43.6 Å². The number of rotatable bonds is 4. The van der Waals surface area contributed by atoms with Gasteiger partial charge in [-0.15, -0.1) is 0 Å². The highest BCUT2D eigenvalue weighted by Gasteiger charge is 2.50. The zero-order valence-corrected chi connectivity index (χ0v) is 9.57. The largest absolute Gasteiger partial charge is 0.481 e. The Hall–Kier alpha value is -1.65. The summed E-state index contributed by atoms with van der Waals surface area (Å²) in [6, 6.07) is 0. The van der Waals surface area contributed by atoms with Gasteiger partial charge in [0.25, 0.3) is 0 Å². The maximum absolute atomic E-state index is 11.1. The summed E-state index contributed by atoms with van der Waals surface area (Å²) in [7, 11) is 0. The molecule has 0 radical (unpaired) electrons. The van der Waals surface area contributed by atoms with Crippen molar-refractivity contribution in [2.24, 2.45) is 5.41 Å². The minimum Gasteiger partial charge on any atom is -0.481 e. The molecule has 2 aliphatic rings. The molecule has 1 fully saturated rings. The number of anilines is 1. The molecule has 17 heavy (non-hydrogen) atoms. The van der Waals surface area contributed by atoms with Crippen LogP contribution >= 0.6 is 0 Å². The molecular formula is C12H15N3O2. The molecular weight excluding hydrogens is 218 g/mol. The second-order valence-corrected chi connectivity index (χ2v) is 4.94. The van der Waals surface area contributed by atoms with E-state index in [1.165, 1.54) is 5.56 Å². The van der Waals surface area contributed by atoms with E-state index in [-0.39, 0.29) is 0 Å². The number of nitrogens with zero attached hydrogens (tertiary/aromatic N) is 2. The smallest absolute Gasteiger partial charge is 0.311 e. The van der Waals surface area contributed by atoms with Gasteiger partial charge in [-0.1, -0.05) is 0 Å². The Morgan fingerprint density at radius 3 is 2.94 bits per heavy atom. The first kappa shape index (κ1) is 10.5. The SMILES string of the molecule is O=C(O)C1(CNc2ncnc3c2CCC3)CC1. The van der Waals surface area contributed by atoms with Crippen molar-refractivity contribution >= 4 is 11.8 Å². The first-order chi connectivity index (χ1) is 8.21. The summed E-state index contributed by atoms with van der Waals surface area (Å²) in [5.74, 6) is 0.135. The van der Waals surface area contributed by atoms with Crippen molar-refractivity contribution in [3.63, 3.8) is 0 Å². The van der Waals surface area contributed by atoms with Crippen molar-refractivity contribution in [1.29, 1.82) is 0 Å². The Bertz CT molecular complexity index is 469. The molecule has 0 atom stereocenters. The third-order valence-corrected chi connectivity index (χ3v) is 3.78. The molecule has 2 aliphatic carbocycles. The zero-order chi connectivity index (χ0) is 11.9. The molecule has 0 bridgehead atoms. The zero-order valence-electron chi connectivity index (χ0n) is 9.57. The van der Waals surface area contributed by atoms with Crippen molar-refractivity contribution < 1.29 is 9.90 Å². The first-order valence-electron chi connectivity index (χ1n) is 6.01. The molecule has 0 amide bonds. The van der Waals surface area contributed by atoms with E-state index < -0.39 is 11.4 Å². The third kappa shape index (κ3) is 1.75. The molecule has 1 heterocycles. The molecule has 0 spiro atoms. The second-order valence-electron chi connectivity index (χ2n) is 4.94. The highest BCUT2D eigenvalue weighted by molar-refractivity contribution is 5.78. The lowest BCUT2D eigenvalue weighted by atomic mass is 10.1. The van der Waals surface area contributed by atoms with Crippen LogP contribution in [0.5, 0.6) is 0 Å². The average Bonchev–Trinajstić information content (AvgIpc) is 2.96. The van der Waals surface area contributed by atoms with Crippen LogP contribution in [0.3, 0.4) is 0 Å². The van der Waals surface area contributed by atoms with Crippen LogP contribution in [-0.4, -0.2) is 27.6 Å². The monoisotopic (exact) mass is 233 g/mol. The molecule has 1 aromatic rings. The summed E-state index contributed by atoms with van der Waals surface area (Å²) >= 11 is 0. The van der Waals surface area contributed by atoms with Crippen molar-refractivity contribution in [3.8, 4) is 0 Å². The number of fused-ring (bicyclic) bond motifs is 1. The van der Waals surface area contributed by atoms with Gasteiger partial charge in [0.1, 0.15) is 12.1 Å². The maximum Gasteiger partial charge on any atom is 0.311 e. The first-order valence-corrected chi connectivity index (χ1v) is 6.01. The molecule has 0 aromatic carbocycles. The topological polar surface area (TPSA) is 75.1 Å². The summed E-state index contributed by atoms with van der Waals surface area (Å²) in [6.45, 7) is 0.478. The van der Waals surface area contributed by atoms with Gasteiger partial charge < -0.3 is 10.4 Å². The van der Waals surface area contributed by atoms with E-state index >= 15 is 0 Å². The summed E-state index contributed by atoms with van der Waals surface area (Å²) in [5.41, 5.74) is 1.74. The van der Waals surface area contributed by atoms with Gasteiger partial charge in [0, 0.05) is 17.8 Å². The molecule has 0 saturated heterocycles. The number of hydrogen-bond donors (Lipinski definition) is 2. The van der Waals surface area contributed by atoms with Crippen molar-refractivity contribution in [3.05, 3.63) is 17.6 Å². The molecule has 3 rings (SSSR count). The molecule has 1 saturated carbocycles. The van der Waals surface area contributed by atoms with E-state index in [4.69, 9.17) is 5.11 Å². The number of carbonyl (C=O) groups is 1. The van der Waals surface area contributed by atoms with Crippen LogP contribution in [-0.2, 0) is 17.6 Å². The Morgan fingerprint density at radius 1 is 1.41 bits per heavy atom. The van der Waals surface area contributed by atoms with Gasteiger partial charge in [0.05, 0.1) is 5.41 Å². The van der Waals surface area contributed by atoms with Gasteiger partial charge >= 0.3 is 5.97 Å². The Balaban J connectivity index is 1.74. The highest BCUT2D eigenvalue weighted by atomic mass is 16.4. The van der Waals surface area contributed by atoms with E-state index in [0.29, 0.717) is 6.54 Å². The van der Waals surface area contributed by atoms with Gasteiger partial charge in [-0.2, -0.15) is 0 Å². The van der Waals surface area contributed by atoms with E-state index in [9.17, 15) is 4.79 Å². The van der Waals surface area contributed by atoms with Crippen molar-refractivity contribution in [2.75, 3.05) is 11.9 Å². The van der Waals surface area contributed by atoms with Gasteiger partial charge in [0.2, 0.25) is 0 Å². The van der Waals surface area contributed by atoms with Crippen LogP contribution in [0, 0.1) is 5.41 Å². The molecule has 5 nitrogen and oxygen atoms in total. The number of hydrogen-bond acceptors (Lipinski definition) is 4. The fraction of sp³-hybridized carbons (Fsp3) is 0.583. The van der Waals surface area contributed by atoms with Gasteiger partial charge in [-0.05, 0) is 32.1 Å². The summed E-state index contributed by atoms with van der Waals surface area (Å²) in [4.78, 5) is 19.5. The lowest BCUT2D eigenvalue weighted by Crippen LogP contribution is -2.25. The maximum atomic E-state index is 11.1. The normalized spacial score (nSPS) is 19.8. The van der Waals surface area contributed by atoms with Gasteiger partial charge in [0.15, 0.2) is 0 Å².